The average Bonchev–Trinajstić information content (AvgIpc) is 3.35. The lowest BCUT2D eigenvalue weighted by Crippen LogP contribution is -2.44. The highest BCUT2D eigenvalue weighted by Crippen LogP contribution is 2.32. The minimum atomic E-state index is -4.09. The summed E-state index contributed by atoms with van der Waals surface area (Å²) >= 11 is 0. The lowest BCUT2D eigenvalue weighted by atomic mass is 10.1. The molecule has 4 aromatic rings. The van der Waals surface area contributed by atoms with Crippen LogP contribution in [0.3, 0.4) is 0 Å². The van der Waals surface area contributed by atoms with Gasteiger partial charge in [0.25, 0.3) is 0 Å². The molecule has 0 saturated heterocycles. The zero-order valence-electron chi connectivity index (χ0n) is 16.9. The largest absolute Gasteiger partial charge is 0.480 e. The number of benzene rings is 2. The molecule has 0 amide bonds. The Labute approximate surface area is 181 Å². The first-order valence-corrected chi connectivity index (χ1v) is 10.9. The number of fused-ring (bicyclic) bond motifs is 3. The van der Waals surface area contributed by atoms with E-state index < -0.39 is 33.9 Å². The third-order valence-corrected chi connectivity index (χ3v) is 6.37. The second-order valence-corrected chi connectivity index (χ2v) is 9.19. The molecule has 166 valence electrons. The first-order valence-electron chi connectivity index (χ1n) is 9.44. The molecule has 0 spiro atoms. The maximum atomic E-state index is 12.8. The number of hydrogen-bond donors (Lipinski definition) is 3. The molecule has 0 bridgehead atoms. The van der Waals surface area contributed by atoms with Crippen LogP contribution in [0.2, 0.25) is 0 Å². The van der Waals surface area contributed by atoms with Crippen molar-refractivity contribution in [1.82, 2.24) is 19.7 Å². The Hall–Kier alpha value is -3.77. The molecule has 4 rings (SSSR count). The maximum absolute atomic E-state index is 12.8. The van der Waals surface area contributed by atoms with Crippen molar-refractivity contribution in [2.45, 2.75) is 24.8 Å². The van der Waals surface area contributed by atoms with Gasteiger partial charge in [0.2, 0.25) is 10.0 Å². The Kier molecular flexibility index (Phi) is 5.18. The van der Waals surface area contributed by atoms with Gasteiger partial charge in [0.15, 0.2) is 5.69 Å². The molecule has 32 heavy (non-hydrogen) atoms. The van der Waals surface area contributed by atoms with Gasteiger partial charge in [-0.15, -0.1) is 5.10 Å². The second-order valence-electron chi connectivity index (χ2n) is 7.48. The van der Waals surface area contributed by atoms with Crippen molar-refractivity contribution < 1.29 is 32.6 Å². The SMILES string of the molecule is CC(C)[C@H](NS(=O)(=O)c1ccc2oc3cc(-n4cc(C(=O)O)nn4)ccc3c2c1)C(=O)O. The van der Waals surface area contributed by atoms with Gasteiger partial charge in [0, 0.05) is 16.8 Å². The van der Waals surface area contributed by atoms with E-state index in [0.717, 1.165) is 0 Å². The molecule has 0 aliphatic carbocycles. The molecule has 1 atom stereocenters. The smallest absolute Gasteiger partial charge is 0.358 e. The molecule has 0 unspecified atom stereocenters. The van der Waals surface area contributed by atoms with Crippen LogP contribution in [0.25, 0.3) is 27.6 Å². The Balaban J connectivity index is 1.74. The number of carboxylic acids is 2. The standard InChI is InChI=1S/C20H18N4O7S/c1-10(2)18(20(27)28)22-32(29,30)12-4-6-16-14(8-12)13-5-3-11(7-17(13)31-16)24-9-15(19(25)26)21-23-24/h3-10,18,22H,1-2H3,(H,25,26)(H,27,28)/t18-/m0/s1. The predicted molar refractivity (Wildman–Crippen MR) is 112 cm³/mol. The molecule has 0 saturated carbocycles. The topological polar surface area (TPSA) is 165 Å². The lowest BCUT2D eigenvalue weighted by molar-refractivity contribution is -0.140. The highest BCUT2D eigenvalue weighted by Gasteiger charge is 2.28. The first kappa shape index (κ1) is 21.5. The summed E-state index contributed by atoms with van der Waals surface area (Å²) < 4.78 is 34.9. The highest BCUT2D eigenvalue weighted by molar-refractivity contribution is 7.89. The second kappa shape index (κ2) is 7.73. The fraction of sp³-hybridized carbons (Fsp3) is 0.200. The van der Waals surface area contributed by atoms with Crippen molar-refractivity contribution in [2.24, 2.45) is 5.92 Å². The molecule has 3 N–H and O–H groups in total. The van der Waals surface area contributed by atoms with Crippen LogP contribution in [0, 0.1) is 5.92 Å². The number of rotatable bonds is 7. The number of aromatic nitrogens is 3. The Morgan fingerprint density at radius 1 is 1.06 bits per heavy atom. The molecular weight excluding hydrogens is 440 g/mol. The summed E-state index contributed by atoms with van der Waals surface area (Å²) in [5.74, 6) is -2.91. The summed E-state index contributed by atoms with van der Waals surface area (Å²) in [5, 5.41) is 26.8. The Morgan fingerprint density at radius 2 is 1.81 bits per heavy atom. The van der Waals surface area contributed by atoms with Crippen LogP contribution in [-0.2, 0) is 14.8 Å². The first-order chi connectivity index (χ1) is 15.1. The third-order valence-electron chi connectivity index (χ3n) is 4.93. The van der Waals surface area contributed by atoms with E-state index in [1.54, 1.807) is 32.0 Å². The number of carboxylic acid groups (broad SMARTS) is 2. The number of hydrogen-bond acceptors (Lipinski definition) is 7. The summed E-state index contributed by atoms with van der Waals surface area (Å²) in [7, 11) is -4.09. The number of aliphatic carboxylic acids is 1. The molecular formula is C20H18N4O7S. The summed E-state index contributed by atoms with van der Waals surface area (Å²) in [5.41, 5.74) is 1.16. The quantitative estimate of drug-likeness (QED) is 0.376. The van der Waals surface area contributed by atoms with E-state index in [1.165, 1.54) is 29.1 Å². The van der Waals surface area contributed by atoms with E-state index in [1.807, 2.05) is 0 Å². The normalized spacial score (nSPS) is 13.1. The predicted octanol–water partition coefficient (Wildman–Crippen LogP) is 2.25. The van der Waals surface area contributed by atoms with Crippen LogP contribution in [0.4, 0.5) is 0 Å². The fourth-order valence-electron chi connectivity index (χ4n) is 3.25. The zero-order valence-corrected chi connectivity index (χ0v) is 17.7. The number of nitrogens with one attached hydrogen (secondary N) is 1. The van der Waals surface area contributed by atoms with Gasteiger partial charge in [0.05, 0.1) is 16.8 Å². The molecule has 11 nitrogen and oxygen atoms in total. The van der Waals surface area contributed by atoms with Gasteiger partial charge in [-0.25, -0.2) is 17.9 Å². The molecule has 0 radical (unpaired) electrons. The van der Waals surface area contributed by atoms with E-state index in [4.69, 9.17) is 9.52 Å². The monoisotopic (exact) mass is 458 g/mol. The van der Waals surface area contributed by atoms with E-state index in [9.17, 15) is 23.1 Å². The number of nitrogens with zero attached hydrogens (tertiary/aromatic N) is 3. The van der Waals surface area contributed by atoms with Crippen LogP contribution < -0.4 is 4.72 Å². The van der Waals surface area contributed by atoms with Crippen LogP contribution >= 0.6 is 0 Å². The minimum Gasteiger partial charge on any atom is -0.480 e. The minimum absolute atomic E-state index is 0.0916. The lowest BCUT2D eigenvalue weighted by Gasteiger charge is -2.17. The fourth-order valence-corrected chi connectivity index (χ4v) is 4.61. The van der Waals surface area contributed by atoms with Crippen LogP contribution in [-0.4, -0.2) is 51.6 Å². The van der Waals surface area contributed by atoms with Gasteiger partial charge in [-0.05, 0) is 36.2 Å². The Morgan fingerprint density at radius 3 is 2.44 bits per heavy atom. The summed E-state index contributed by atoms with van der Waals surface area (Å²) in [4.78, 5) is 22.3. The number of furan rings is 1. The number of carbonyl (C=O) groups is 2. The molecule has 2 aromatic carbocycles. The van der Waals surface area contributed by atoms with E-state index >= 15 is 0 Å². The van der Waals surface area contributed by atoms with Crippen molar-refractivity contribution in [3.8, 4) is 5.69 Å². The van der Waals surface area contributed by atoms with Gasteiger partial charge in [-0.1, -0.05) is 19.1 Å². The third kappa shape index (κ3) is 3.81. The van der Waals surface area contributed by atoms with Crippen molar-refractivity contribution >= 4 is 43.9 Å². The van der Waals surface area contributed by atoms with E-state index in [2.05, 4.69) is 15.0 Å². The van der Waals surface area contributed by atoms with Crippen molar-refractivity contribution in [2.75, 3.05) is 0 Å². The van der Waals surface area contributed by atoms with Crippen LogP contribution in [0.15, 0.2) is 51.9 Å². The van der Waals surface area contributed by atoms with Gasteiger partial charge in [-0.3, -0.25) is 4.79 Å². The molecule has 0 aliphatic heterocycles. The van der Waals surface area contributed by atoms with Gasteiger partial charge >= 0.3 is 11.9 Å². The van der Waals surface area contributed by atoms with Crippen molar-refractivity contribution in [1.29, 1.82) is 0 Å². The maximum Gasteiger partial charge on any atom is 0.358 e. The molecule has 2 heterocycles. The van der Waals surface area contributed by atoms with E-state index in [0.29, 0.717) is 27.6 Å². The van der Waals surface area contributed by atoms with Gasteiger partial charge in [-0.2, -0.15) is 4.72 Å². The average molecular weight is 458 g/mol. The zero-order chi connectivity index (χ0) is 23.2. The van der Waals surface area contributed by atoms with Gasteiger partial charge in [0.1, 0.15) is 17.2 Å². The summed E-state index contributed by atoms with van der Waals surface area (Å²) in [6, 6.07) is 7.96. The van der Waals surface area contributed by atoms with Crippen LogP contribution in [0.1, 0.15) is 24.3 Å². The summed E-state index contributed by atoms with van der Waals surface area (Å²) in [6.45, 7) is 3.22. The molecule has 0 fully saturated rings. The van der Waals surface area contributed by atoms with Gasteiger partial charge < -0.3 is 14.6 Å². The molecule has 12 heteroatoms. The number of sulfonamides is 1. The van der Waals surface area contributed by atoms with Crippen molar-refractivity contribution in [3.63, 3.8) is 0 Å². The highest BCUT2D eigenvalue weighted by atomic mass is 32.2. The summed E-state index contributed by atoms with van der Waals surface area (Å²) in [6.07, 6.45) is 1.26. The van der Waals surface area contributed by atoms with Crippen LogP contribution in [0.5, 0.6) is 0 Å². The molecule has 0 aliphatic rings. The number of aromatic carboxylic acids is 1. The van der Waals surface area contributed by atoms with Crippen molar-refractivity contribution in [3.05, 3.63) is 48.3 Å². The van der Waals surface area contributed by atoms with E-state index in [-0.39, 0.29) is 10.6 Å². The molecule has 2 aromatic heterocycles. The Bertz CT molecular complexity index is 1470.